The molecule has 2 aromatic carbocycles. The molecule has 1 heterocycles. The Bertz CT molecular complexity index is 1050. The van der Waals surface area contributed by atoms with Crippen LogP contribution in [0.3, 0.4) is 0 Å². The highest BCUT2D eigenvalue weighted by molar-refractivity contribution is 5.80. The van der Waals surface area contributed by atoms with Crippen LogP contribution in [0.25, 0.3) is 17.0 Å². The Hall–Kier alpha value is -3.14. The van der Waals surface area contributed by atoms with E-state index in [1.165, 1.54) is 20.0 Å². The van der Waals surface area contributed by atoms with Gasteiger partial charge < -0.3 is 9.47 Å². The lowest BCUT2D eigenvalue weighted by Crippen LogP contribution is -2.22. The normalized spacial score (nSPS) is 15.1. The maximum absolute atomic E-state index is 12.6. The zero-order valence-corrected chi connectivity index (χ0v) is 17.3. The van der Waals surface area contributed by atoms with Gasteiger partial charge in [-0.05, 0) is 54.2 Å². The second-order valence-corrected chi connectivity index (χ2v) is 7.82. The number of hydrogen-bond donors (Lipinski definition) is 0. The number of carbonyl (C=O) groups excluding carboxylic acids is 1. The van der Waals surface area contributed by atoms with E-state index in [1.807, 2.05) is 48.5 Å². The van der Waals surface area contributed by atoms with E-state index in [-0.39, 0.29) is 11.9 Å². The van der Waals surface area contributed by atoms with Gasteiger partial charge in [0.15, 0.2) is 0 Å². The first-order chi connectivity index (χ1) is 14.7. The van der Waals surface area contributed by atoms with Crippen molar-refractivity contribution in [1.82, 2.24) is 4.98 Å². The van der Waals surface area contributed by atoms with Gasteiger partial charge in [0.1, 0.15) is 12.4 Å². The minimum Gasteiger partial charge on any atom is -0.487 e. The number of pyridine rings is 1. The van der Waals surface area contributed by atoms with E-state index in [2.05, 4.69) is 17.6 Å². The minimum absolute atomic E-state index is 0.168. The molecule has 0 bridgehead atoms. The highest BCUT2D eigenvalue weighted by Gasteiger charge is 2.34. The van der Waals surface area contributed by atoms with E-state index < -0.39 is 0 Å². The molecule has 1 fully saturated rings. The number of para-hydroxylation sites is 1. The van der Waals surface area contributed by atoms with E-state index in [1.54, 1.807) is 6.08 Å². The molecule has 4 nitrogen and oxygen atoms in total. The summed E-state index contributed by atoms with van der Waals surface area (Å²) in [6.45, 7) is 4.34. The molecule has 4 rings (SSSR count). The predicted octanol–water partition coefficient (Wildman–Crippen LogP) is 5.90. The van der Waals surface area contributed by atoms with Crippen molar-refractivity contribution in [2.45, 2.75) is 38.2 Å². The monoisotopic (exact) mass is 401 g/mol. The van der Waals surface area contributed by atoms with Gasteiger partial charge in [-0.25, -0.2) is 4.98 Å². The van der Waals surface area contributed by atoms with Gasteiger partial charge in [-0.1, -0.05) is 55.8 Å². The molecule has 1 aliphatic carbocycles. The number of rotatable bonds is 7. The van der Waals surface area contributed by atoms with Crippen LogP contribution in [-0.4, -0.2) is 18.1 Å². The topological polar surface area (TPSA) is 48.4 Å². The number of nitrogens with zero attached hydrogens (tertiary/aromatic N) is 1. The van der Waals surface area contributed by atoms with Crippen molar-refractivity contribution in [1.29, 1.82) is 0 Å². The molecule has 0 radical (unpaired) electrons. The standard InChI is InChI=1S/C26H27NO3/c1-3-18-16-22(30-17-21-13-12-19-8-6-7-11-24(19)27-21)14-15-23(18)25(26(28)29-2)20-9-4-5-10-20/h3,6-8,11-16,20,25H,1,4-5,9-10,17H2,2H3. The van der Waals surface area contributed by atoms with Crippen molar-refractivity contribution < 1.29 is 14.3 Å². The zero-order chi connectivity index (χ0) is 20.9. The Labute approximate surface area is 177 Å². The molecule has 1 unspecified atom stereocenters. The molecule has 0 saturated heterocycles. The van der Waals surface area contributed by atoms with Gasteiger partial charge in [0.05, 0.1) is 24.2 Å². The third kappa shape index (κ3) is 4.23. The van der Waals surface area contributed by atoms with E-state index >= 15 is 0 Å². The van der Waals surface area contributed by atoms with Crippen LogP contribution < -0.4 is 4.74 Å². The number of esters is 1. The van der Waals surface area contributed by atoms with Crippen molar-refractivity contribution >= 4 is 22.9 Å². The second kappa shape index (κ2) is 9.12. The Morgan fingerprint density at radius 3 is 2.73 bits per heavy atom. The first-order valence-electron chi connectivity index (χ1n) is 10.5. The van der Waals surface area contributed by atoms with Crippen LogP contribution in [0.15, 0.2) is 61.2 Å². The summed E-state index contributed by atoms with van der Waals surface area (Å²) < 4.78 is 11.1. The molecule has 1 aliphatic rings. The second-order valence-electron chi connectivity index (χ2n) is 7.82. The van der Waals surface area contributed by atoms with Crippen LogP contribution in [0.2, 0.25) is 0 Å². The fourth-order valence-corrected chi connectivity index (χ4v) is 4.44. The van der Waals surface area contributed by atoms with Crippen molar-refractivity contribution in [2.75, 3.05) is 7.11 Å². The van der Waals surface area contributed by atoms with E-state index in [0.717, 1.165) is 46.3 Å². The fourth-order valence-electron chi connectivity index (χ4n) is 4.44. The summed E-state index contributed by atoms with van der Waals surface area (Å²) in [7, 11) is 1.46. The lowest BCUT2D eigenvalue weighted by Gasteiger charge is -2.23. The van der Waals surface area contributed by atoms with Gasteiger partial charge in [0.25, 0.3) is 0 Å². The fraction of sp³-hybridized carbons (Fsp3) is 0.308. The molecule has 1 aromatic heterocycles. The summed E-state index contributed by atoms with van der Waals surface area (Å²) >= 11 is 0. The molecular weight excluding hydrogens is 374 g/mol. The van der Waals surface area contributed by atoms with Crippen molar-refractivity contribution in [2.24, 2.45) is 5.92 Å². The maximum Gasteiger partial charge on any atom is 0.313 e. The first-order valence-corrected chi connectivity index (χ1v) is 10.5. The molecule has 154 valence electrons. The molecule has 1 atom stereocenters. The number of benzene rings is 2. The molecule has 0 aliphatic heterocycles. The SMILES string of the molecule is C=Cc1cc(OCc2ccc3ccccc3n2)ccc1C(C(=O)OC)C1CCCC1. The molecule has 30 heavy (non-hydrogen) atoms. The molecule has 0 amide bonds. The average Bonchev–Trinajstić information content (AvgIpc) is 3.32. The number of ether oxygens (including phenoxy) is 2. The largest absolute Gasteiger partial charge is 0.487 e. The van der Waals surface area contributed by atoms with Crippen LogP contribution in [0, 0.1) is 5.92 Å². The summed E-state index contributed by atoms with van der Waals surface area (Å²) in [6, 6.07) is 17.9. The molecule has 3 aromatic rings. The first kappa shape index (κ1) is 20.1. The number of aromatic nitrogens is 1. The summed E-state index contributed by atoms with van der Waals surface area (Å²) in [5.74, 6) is 0.643. The Balaban J connectivity index is 1.54. The van der Waals surface area contributed by atoms with Gasteiger partial charge in [-0.2, -0.15) is 0 Å². The third-order valence-corrected chi connectivity index (χ3v) is 5.98. The number of hydrogen-bond acceptors (Lipinski definition) is 4. The van der Waals surface area contributed by atoms with Crippen molar-refractivity contribution in [3.63, 3.8) is 0 Å². The Morgan fingerprint density at radius 1 is 1.17 bits per heavy atom. The highest BCUT2D eigenvalue weighted by Crippen LogP contribution is 2.40. The molecular formula is C26H27NO3. The van der Waals surface area contributed by atoms with Crippen LogP contribution in [-0.2, 0) is 16.1 Å². The smallest absolute Gasteiger partial charge is 0.313 e. The van der Waals surface area contributed by atoms with Crippen LogP contribution in [0.1, 0.15) is 48.4 Å². The number of methoxy groups -OCH3 is 1. The van der Waals surface area contributed by atoms with Crippen LogP contribution in [0.4, 0.5) is 0 Å². The highest BCUT2D eigenvalue weighted by atomic mass is 16.5. The van der Waals surface area contributed by atoms with E-state index in [0.29, 0.717) is 12.5 Å². The average molecular weight is 402 g/mol. The summed E-state index contributed by atoms with van der Waals surface area (Å²) in [6.07, 6.45) is 6.24. The minimum atomic E-state index is -0.248. The Kier molecular flexibility index (Phi) is 6.12. The molecule has 0 spiro atoms. The van der Waals surface area contributed by atoms with Gasteiger partial charge in [-0.3, -0.25) is 4.79 Å². The van der Waals surface area contributed by atoms with Crippen LogP contribution in [0.5, 0.6) is 5.75 Å². The summed E-state index contributed by atoms with van der Waals surface area (Å²) in [5.41, 5.74) is 3.72. The van der Waals surface area contributed by atoms with Gasteiger partial charge in [0, 0.05) is 5.39 Å². The maximum atomic E-state index is 12.6. The molecule has 4 heteroatoms. The predicted molar refractivity (Wildman–Crippen MR) is 119 cm³/mol. The quantitative estimate of drug-likeness (QED) is 0.462. The number of fused-ring (bicyclic) bond motifs is 1. The molecule has 0 N–H and O–H groups in total. The van der Waals surface area contributed by atoms with E-state index in [9.17, 15) is 4.79 Å². The van der Waals surface area contributed by atoms with Crippen molar-refractivity contribution in [3.8, 4) is 5.75 Å². The van der Waals surface area contributed by atoms with Gasteiger partial charge in [0.2, 0.25) is 0 Å². The summed E-state index contributed by atoms with van der Waals surface area (Å²) in [5, 5.41) is 1.11. The lowest BCUT2D eigenvalue weighted by molar-refractivity contribution is -0.143. The Morgan fingerprint density at radius 2 is 1.97 bits per heavy atom. The van der Waals surface area contributed by atoms with Gasteiger partial charge >= 0.3 is 5.97 Å². The van der Waals surface area contributed by atoms with Gasteiger partial charge in [-0.15, -0.1) is 0 Å². The van der Waals surface area contributed by atoms with Crippen molar-refractivity contribution in [3.05, 3.63) is 78.0 Å². The van der Waals surface area contributed by atoms with E-state index in [4.69, 9.17) is 9.47 Å². The lowest BCUT2D eigenvalue weighted by atomic mass is 9.82. The molecule has 1 saturated carbocycles. The third-order valence-electron chi connectivity index (χ3n) is 5.98. The zero-order valence-electron chi connectivity index (χ0n) is 17.3. The van der Waals surface area contributed by atoms with Crippen LogP contribution >= 0.6 is 0 Å². The summed E-state index contributed by atoms with van der Waals surface area (Å²) in [4.78, 5) is 17.2. The number of carbonyl (C=O) groups is 1.